The first-order valence-corrected chi connectivity index (χ1v) is 14.6. The molecule has 3 aliphatic rings. The molecule has 1 aromatic heterocycles. The number of amides is 3. The van der Waals surface area contributed by atoms with E-state index in [9.17, 15) is 14.4 Å². The van der Waals surface area contributed by atoms with E-state index in [4.69, 9.17) is 0 Å². The molecule has 3 aromatic rings. The van der Waals surface area contributed by atoms with Crippen molar-refractivity contribution >= 4 is 35.1 Å². The van der Waals surface area contributed by atoms with Gasteiger partial charge in [0, 0.05) is 53.9 Å². The van der Waals surface area contributed by atoms with E-state index in [1.807, 2.05) is 44.2 Å². The summed E-state index contributed by atoms with van der Waals surface area (Å²) in [6.07, 6.45) is 6.36. The lowest BCUT2D eigenvalue weighted by Gasteiger charge is -2.28. The molecule has 2 aromatic carbocycles. The summed E-state index contributed by atoms with van der Waals surface area (Å²) in [6, 6.07) is 15.2. The summed E-state index contributed by atoms with van der Waals surface area (Å²) < 4.78 is 0. The van der Waals surface area contributed by atoms with Gasteiger partial charge in [0.25, 0.3) is 17.7 Å². The number of fused-ring (bicyclic) bond motifs is 1. The van der Waals surface area contributed by atoms with Gasteiger partial charge in [-0.3, -0.25) is 14.4 Å². The Kier molecular flexibility index (Phi) is 7.49. The third-order valence-corrected chi connectivity index (χ3v) is 8.64. The van der Waals surface area contributed by atoms with Crippen molar-refractivity contribution in [3.63, 3.8) is 0 Å². The zero-order valence-electron chi connectivity index (χ0n) is 23.8. The molecule has 3 amide bonds. The van der Waals surface area contributed by atoms with Crippen LogP contribution < -0.4 is 10.6 Å². The van der Waals surface area contributed by atoms with Gasteiger partial charge in [-0.05, 0) is 88.0 Å². The van der Waals surface area contributed by atoms with Gasteiger partial charge in [-0.25, -0.2) is 0 Å². The van der Waals surface area contributed by atoms with Crippen molar-refractivity contribution in [3.05, 3.63) is 87.7 Å². The molecular weight excluding hydrogens is 514 g/mol. The first kappa shape index (κ1) is 27.0. The Balaban J connectivity index is 1.23. The molecular formula is C33H37N5O3. The van der Waals surface area contributed by atoms with Gasteiger partial charge in [0.1, 0.15) is 0 Å². The van der Waals surface area contributed by atoms with Gasteiger partial charge < -0.3 is 25.4 Å². The Morgan fingerprint density at radius 2 is 1.80 bits per heavy atom. The van der Waals surface area contributed by atoms with Crippen LogP contribution in [0.2, 0.25) is 0 Å². The van der Waals surface area contributed by atoms with Gasteiger partial charge in [-0.1, -0.05) is 30.3 Å². The zero-order valence-corrected chi connectivity index (χ0v) is 23.8. The number of rotatable bonds is 7. The summed E-state index contributed by atoms with van der Waals surface area (Å²) in [4.78, 5) is 47.6. The van der Waals surface area contributed by atoms with Crippen LogP contribution in [-0.4, -0.2) is 64.7 Å². The number of likely N-dealkylation sites (tertiary alicyclic amines) is 2. The lowest BCUT2D eigenvalue weighted by molar-refractivity contribution is -0.110. The number of hydrogen-bond acceptors (Lipinski definition) is 4. The van der Waals surface area contributed by atoms with Crippen LogP contribution in [0.4, 0.5) is 5.69 Å². The molecule has 41 heavy (non-hydrogen) atoms. The minimum atomic E-state index is -0.230. The molecule has 2 fully saturated rings. The highest BCUT2D eigenvalue weighted by molar-refractivity contribution is 6.35. The lowest BCUT2D eigenvalue weighted by Crippen LogP contribution is -2.42. The van der Waals surface area contributed by atoms with E-state index in [0.717, 1.165) is 61.5 Å². The van der Waals surface area contributed by atoms with Crippen LogP contribution in [0.15, 0.2) is 48.5 Å². The highest BCUT2D eigenvalue weighted by Crippen LogP contribution is 2.35. The maximum atomic E-state index is 13.8. The fourth-order valence-corrected chi connectivity index (χ4v) is 6.44. The number of aromatic amines is 1. The quantitative estimate of drug-likeness (QED) is 0.369. The van der Waals surface area contributed by atoms with Crippen molar-refractivity contribution in [1.29, 1.82) is 0 Å². The monoisotopic (exact) mass is 551 g/mol. The number of benzene rings is 2. The fraction of sp³-hybridized carbons (Fsp3) is 0.364. The van der Waals surface area contributed by atoms with Crippen molar-refractivity contribution in [2.75, 3.05) is 31.5 Å². The summed E-state index contributed by atoms with van der Waals surface area (Å²) in [5, 5.41) is 5.86. The number of carbonyl (C=O) groups excluding carboxylic acids is 3. The smallest absolute Gasteiger partial charge is 0.256 e. The second-order valence-electron chi connectivity index (χ2n) is 11.4. The number of hydrogen-bond donors (Lipinski definition) is 3. The van der Waals surface area contributed by atoms with Gasteiger partial charge in [0.15, 0.2) is 0 Å². The fourth-order valence-electron chi connectivity index (χ4n) is 6.44. The number of nitrogens with one attached hydrogen (secondary N) is 3. The molecule has 0 radical (unpaired) electrons. The summed E-state index contributed by atoms with van der Waals surface area (Å²) in [7, 11) is 0. The molecule has 3 N–H and O–H groups in total. The van der Waals surface area contributed by atoms with E-state index in [-0.39, 0.29) is 23.8 Å². The molecule has 0 saturated carbocycles. The van der Waals surface area contributed by atoms with E-state index in [1.165, 1.54) is 12.8 Å². The SMILES string of the molecule is Cc1[nH]c(/C=C2\C(=O)Nc3ccc(C(=O)NCc4ccccc4)cc32)c(C)c1C(=O)N1CCC[C@@H]1CN1CCCC1. The normalized spacial score (nSPS) is 19.6. The van der Waals surface area contributed by atoms with E-state index in [0.29, 0.717) is 34.5 Å². The van der Waals surface area contributed by atoms with Gasteiger partial charge in [-0.15, -0.1) is 0 Å². The minimum absolute atomic E-state index is 0.0660. The van der Waals surface area contributed by atoms with Crippen molar-refractivity contribution < 1.29 is 14.4 Å². The summed E-state index contributed by atoms with van der Waals surface area (Å²) in [5.74, 6) is -0.368. The maximum absolute atomic E-state index is 13.8. The molecule has 0 unspecified atom stereocenters. The summed E-state index contributed by atoms with van der Waals surface area (Å²) in [5.41, 5.74) is 6.37. The minimum Gasteiger partial charge on any atom is -0.358 e. The third kappa shape index (κ3) is 5.44. The van der Waals surface area contributed by atoms with Crippen LogP contribution in [0.3, 0.4) is 0 Å². The van der Waals surface area contributed by atoms with Crippen molar-refractivity contribution in [2.24, 2.45) is 0 Å². The van der Waals surface area contributed by atoms with Crippen LogP contribution in [-0.2, 0) is 11.3 Å². The second kappa shape index (κ2) is 11.4. The predicted octanol–water partition coefficient (Wildman–Crippen LogP) is 4.75. The third-order valence-electron chi connectivity index (χ3n) is 8.64. The van der Waals surface area contributed by atoms with Gasteiger partial charge in [-0.2, -0.15) is 0 Å². The topological polar surface area (TPSA) is 97.5 Å². The Bertz CT molecular complexity index is 1520. The number of H-pyrrole nitrogens is 1. The van der Waals surface area contributed by atoms with Gasteiger partial charge >= 0.3 is 0 Å². The van der Waals surface area contributed by atoms with E-state index in [2.05, 4.69) is 25.4 Å². The predicted molar refractivity (Wildman–Crippen MR) is 161 cm³/mol. The van der Waals surface area contributed by atoms with Crippen LogP contribution in [0.1, 0.15) is 74.5 Å². The second-order valence-corrected chi connectivity index (χ2v) is 11.4. The number of nitrogens with zero attached hydrogens (tertiary/aromatic N) is 2. The van der Waals surface area contributed by atoms with Crippen LogP contribution in [0, 0.1) is 13.8 Å². The zero-order chi connectivity index (χ0) is 28.5. The molecule has 8 nitrogen and oxygen atoms in total. The van der Waals surface area contributed by atoms with E-state index >= 15 is 0 Å². The van der Waals surface area contributed by atoms with Crippen LogP contribution in [0.5, 0.6) is 0 Å². The molecule has 3 aliphatic heterocycles. The highest BCUT2D eigenvalue weighted by atomic mass is 16.2. The number of aryl methyl sites for hydroxylation is 1. The highest BCUT2D eigenvalue weighted by Gasteiger charge is 2.34. The van der Waals surface area contributed by atoms with Gasteiger partial charge in [0.05, 0.1) is 11.1 Å². The van der Waals surface area contributed by atoms with E-state index < -0.39 is 0 Å². The molecule has 212 valence electrons. The number of anilines is 1. The molecule has 8 heteroatoms. The average Bonchev–Trinajstić information content (AvgIpc) is 3.77. The Hall–Kier alpha value is -4.17. The number of carbonyl (C=O) groups is 3. The van der Waals surface area contributed by atoms with Crippen molar-refractivity contribution in [1.82, 2.24) is 20.1 Å². The molecule has 4 heterocycles. The molecule has 1 atom stereocenters. The summed E-state index contributed by atoms with van der Waals surface area (Å²) in [6.45, 7) is 8.26. The van der Waals surface area contributed by atoms with Crippen molar-refractivity contribution in [3.8, 4) is 0 Å². The first-order chi connectivity index (χ1) is 19.9. The van der Waals surface area contributed by atoms with Gasteiger partial charge in [0.2, 0.25) is 0 Å². The first-order valence-electron chi connectivity index (χ1n) is 14.6. The molecule has 0 bridgehead atoms. The Labute approximate surface area is 240 Å². The molecule has 0 spiro atoms. The molecule has 6 rings (SSSR count). The Morgan fingerprint density at radius 3 is 2.59 bits per heavy atom. The maximum Gasteiger partial charge on any atom is 0.256 e. The van der Waals surface area contributed by atoms with Crippen LogP contribution in [0.25, 0.3) is 11.6 Å². The average molecular weight is 552 g/mol. The van der Waals surface area contributed by atoms with E-state index in [1.54, 1.807) is 24.3 Å². The lowest BCUT2D eigenvalue weighted by atomic mass is 10.0. The molecule has 2 saturated heterocycles. The molecule has 0 aliphatic carbocycles. The Morgan fingerprint density at radius 1 is 1.02 bits per heavy atom. The van der Waals surface area contributed by atoms with Crippen LogP contribution >= 0.6 is 0 Å². The largest absolute Gasteiger partial charge is 0.358 e. The number of aromatic nitrogens is 1. The standard InChI is InChI=1S/C33H37N5O3/c1-21-29(35-22(2)30(21)33(41)38-16-8-11-25(38)20-37-14-6-7-15-37)18-27-26-17-24(12-13-28(26)36-32(27)40)31(39)34-19-23-9-4-3-5-10-23/h3-5,9-10,12-13,17-18,25,35H,6-8,11,14-16,19-20H2,1-2H3,(H,34,39)(H,36,40)/b27-18-/t25-/m1/s1. The van der Waals surface area contributed by atoms with Crippen molar-refractivity contribution in [2.45, 2.75) is 52.1 Å². The summed E-state index contributed by atoms with van der Waals surface area (Å²) >= 11 is 0.